The second-order valence-electron chi connectivity index (χ2n) is 2.74. The minimum atomic E-state index is -0.482. The lowest BCUT2D eigenvalue weighted by molar-refractivity contribution is -0.133. The Morgan fingerprint density at radius 1 is 1.33 bits per heavy atom. The van der Waals surface area contributed by atoms with Crippen molar-refractivity contribution < 1.29 is 14.3 Å². The Morgan fingerprint density at radius 2 is 2.00 bits per heavy atom. The summed E-state index contributed by atoms with van der Waals surface area (Å²) in [6.07, 6.45) is 1.31. The van der Waals surface area contributed by atoms with Gasteiger partial charge in [0.1, 0.15) is 5.57 Å². The van der Waals surface area contributed by atoms with Gasteiger partial charge in [0, 0.05) is 10.6 Å². The minimum absolute atomic E-state index is 0.297. The van der Waals surface area contributed by atoms with Gasteiger partial charge in [0.2, 0.25) is 0 Å². The molecule has 0 saturated carbocycles. The van der Waals surface area contributed by atoms with Crippen molar-refractivity contribution in [1.29, 1.82) is 0 Å². The lowest BCUT2D eigenvalue weighted by Crippen LogP contribution is -2.04. The smallest absolute Gasteiger partial charge is 0.341 e. The van der Waals surface area contributed by atoms with Gasteiger partial charge < -0.3 is 9.47 Å². The van der Waals surface area contributed by atoms with E-state index in [0.717, 1.165) is 0 Å². The quantitative estimate of drug-likeness (QED) is 0.451. The summed E-state index contributed by atoms with van der Waals surface area (Å²) in [5, 5.41) is 0.478. The third-order valence-corrected chi connectivity index (χ3v) is 2.13. The average Bonchev–Trinajstić information content (AvgIpc) is 2.26. The van der Waals surface area contributed by atoms with Crippen LogP contribution in [0.25, 0.3) is 5.57 Å². The average molecular weight is 227 g/mol. The highest BCUT2D eigenvalue weighted by molar-refractivity contribution is 6.34. The van der Waals surface area contributed by atoms with E-state index in [4.69, 9.17) is 16.3 Å². The van der Waals surface area contributed by atoms with Crippen LogP contribution in [0.15, 0.2) is 30.5 Å². The van der Waals surface area contributed by atoms with Crippen LogP contribution in [0.3, 0.4) is 0 Å². The van der Waals surface area contributed by atoms with Gasteiger partial charge in [0.25, 0.3) is 0 Å². The number of hydrogen-bond acceptors (Lipinski definition) is 3. The van der Waals surface area contributed by atoms with Crippen LogP contribution in [0.1, 0.15) is 5.56 Å². The number of halogens is 1. The molecule has 0 unspecified atom stereocenters. The number of ether oxygens (including phenoxy) is 2. The third kappa shape index (κ3) is 2.73. The van der Waals surface area contributed by atoms with Gasteiger partial charge in [-0.3, -0.25) is 0 Å². The van der Waals surface area contributed by atoms with Gasteiger partial charge in [-0.2, -0.15) is 0 Å². The van der Waals surface area contributed by atoms with E-state index in [1.54, 1.807) is 24.3 Å². The summed E-state index contributed by atoms with van der Waals surface area (Å²) >= 11 is 5.95. The fraction of sp³-hybridized carbons (Fsp3) is 0.182. The number of benzene rings is 1. The fourth-order valence-electron chi connectivity index (χ4n) is 1.13. The van der Waals surface area contributed by atoms with E-state index in [9.17, 15) is 4.79 Å². The molecule has 0 spiro atoms. The molecule has 0 aromatic heterocycles. The Balaban J connectivity index is 3.17. The SMILES string of the molecule is CO/C=C(\C(=O)OC)c1ccccc1Cl. The molecule has 0 aliphatic rings. The number of methoxy groups -OCH3 is 2. The second-order valence-corrected chi connectivity index (χ2v) is 3.15. The highest BCUT2D eigenvalue weighted by atomic mass is 35.5. The van der Waals surface area contributed by atoms with Crippen molar-refractivity contribution in [3.63, 3.8) is 0 Å². The van der Waals surface area contributed by atoms with Gasteiger partial charge in [-0.1, -0.05) is 29.8 Å². The maximum Gasteiger partial charge on any atom is 0.341 e. The largest absolute Gasteiger partial charge is 0.503 e. The standard InChI is InChI=1S/C11H11ClO3/c1-14-7-9(11(13)15-2)8-5-3-4-6-10(8)12/h3-7H,1-2H3/b9-7-. The maximum atomic E-state index is 11.4. The van der Waals surface area contributed by atoms with Crippen LogP contribution >= 0.6 is 11.6 Å². The molecule has 1 aromatic rings. The van der Waals surface area contributed by atoms with E-state index < -0.39 is 5.97 Å². The number of esters is 1. The van der Waals surface area contributed by atoms with E-state index in [1.807, 2.05) is 0 Å². The highest BCUT2D eigenvalue weighted by Gasteiger charge is 2.15. The summed E-state index contributed by atoms with van der Waals surface area (Å²) in [4.78, 5) is 11.4. The predicted molar refractivity (Wildman–Crippen MR) is 58.5 cm³/mol. The Kier molecular flexibility index (Phi) is 4.18. The van der Waals surface area contributed by atoms with Gasteiger partial charge >= 0.3 is 5.97 Å². The molecular formula is C11H11ClO3. The number of rotatable bonds is 3. The minimum Gasteiger partial charge on any atom is -0.503 e. The zero-order valence-electron chi connectivity index (χ0n) is 8.49. The topological polar surface area (TPSA) is 35.5 Å². The summed E-state index contributed by atoms with van der Waals surface area (Å²) in [5.41, 5.74) is 0.887. The van der Waals surface area contributed by atoms with Crippen LogP contribution in [-0.2, 0) is 14.3 Å². The molecule has 0 aliphatic heterocycles. The van der Waals surface area contributed by atoms with Crippen molar-refractivity contribution in [3.05, 3.63) is 41.1 Å². The Hall–Kier alpha value is -1.48. The van der Waals surface area contributed by atoms with Crippen molar-refractivity contribution in [3.8, 4) is 0 Å². The fourth-order valence-corrected chi connectivity index (χ4v) is 1.37. The lowest BCUT2D eigenvalue weighted by atomic mass is 10.1. The van der Waals surface area contributed by atoms with Crippen LogP contribution in [-0.4, -0.2) is 20.2 Å². The summed E-state index contributed by atoms with van der Waals surface area (Å²) in [5.74, 6) is -0.482. The molecule has 0 radical (unpaired) electrons. The van der Waals surface area contributed by atoms with Crippen molar-refractivity contribution >= 4 is 23.1 Å². The van der Waals surface area contributed by atoms with Crippen molar-refractivity contribution in [1.82, 2.24) is 0 Å². The molecule has 0 heterocycles. The molecule has 0 bridgehead atoms. The molecule has 4 heteroatoms. The molecule has 1 rings (SSSR count). The highest BCUT2D eigenvalue weighted by Crippen LogP contribution is 2.24. The van der Waals surface area contributed by atoms with Crippen molar-refractivity contribution in [2.45, 2.75) is 0 Å². The monoisotopic (exact) mass is 226 g/mol. The van der Waals surface area contributed by atoms with Crippen molar-refractivity contribution in [2.24, 2.45) is 0 Å². The Bertz CT molecular complexity index is 385. The molecule has 0 N–H and O–H groups in total. The molecule has 15 heavy (non-hydrogen) atoms. The Labute approximate surface area is 93.3 Å². The molecule has 0 saturated heterocycles. The van der Waals surface area contributed by atoms with Crippen LogP contribution in [0.5, 0.6) is 0 Å². The normalized spacial score (nSPS) is 11.0. The van der Waals surface area contributed by atoms with E-state index in [2.05, 4.69) is 4.74 Å². The maximum absolute atomic E-state index is 11.4. The molecule has 3 nitrogen and oxygen atoms in total. The van der Waals surface area contributed by atoms with Crippen molar-refractivity contribution in [2.75, 3.05) is 14.2 Å². The molecular weight excluding hydrogens is 216 g/mol. The predicted octanol–water partition coefficient (Wildman–Crippen LogP) is 2.50. The third-order valence-electron chi connectivity index (χ3n) is 1.81. The first-order valence-electron chi connectivity index (χ1n) is 4.27. The van der Waals surface area contributed by atoms with E-state index >= 15 is 0 Å². The first-order chi connectivity index (χ1) is 7.20. The van der Waals surface area contributed by atoms with Gasteiger partial charge in [0.05, 0.1) is 20.5 Å². The van der Waals surface area contributed by atoms with E-state index in [-0.39, 0.29) is 0 Å². The molecule has 0 fully saturated rings. The summed E-state index contributed by atoms with van der Waals surface area (Å²) in [7, 11) is 2.77. The van der Waals surface area contributed by atoms with Gasteiger partial charge in [-0.15, -0.1) is 0 Å². The number of carbonyl (C=O) groups is 1. The molecule has 0 atom stereocenters. The van der Waals surface area contributed by atoms with Gasteiger partial charge in [-0.05, 0) is 6.07 Å². The first kappa shape index (κ1) is 11.6. The lowest BCUT2D eigenvalue weighted by Gasteiger charge is -2.06. The Morgan fingerprint density at radius 3 is 2.53 bits per heavy atom. The first-order valence-corrected chi connectivity index (χ1v) is 4.64. The van der Waals surface area contributed by atoms with Gasteiger partial charge in [0.15, 0.2) is 0 Å². The summed E-state index contributed by atoms with van der Waals surface area (Å²) in [6, 6.07) is 6.99. The van der Waals surface area contributed by atoms with E-state index in [0.29, 0.717) is 16.2 Å². The zero-order chi connectivity index (χ0) is 11.3. The number of hydrogen-bond donors (Lipinski definition) is 0. The van der Waals surface area contributed by atoms with Crippen LogP contribution in [0, 0.1) is 0 Å². The molecule has 0 aliphatic carbocycles. The summed E-state index contributed by atoms with van der Waals surface area (Å²) < 4.78 is 9.44. The molecule has 80 valence electrons. The van der Waals surface area contributed by atoms with Crippen LogP contribution < -0.4 is 0 Å². The number of carbonyl (C=O) groups excluding carboxylic acids is 1. The van der Waals surface area contributed by atoms with Gasteiger partial charge in [-0.25, -0.2) is 4.79 Å². The van der Waals surface area contributed by atoms with Crippen LogP contribution in [0.4, 0.5) is 0 Å². The van der Waals surface area contributed by atoms with Crippen LogP contribution in [0.2, 0.25) is 5.02 Å². The molecule has 0 amide bonds. The molecule has 1 aromatic carbocycles. The summed E-state index contributed by atoms with van der Waals surface area (Å²) in [6.45, 7) is 0. The van der Waals surface area contributed by atoms with E-state index in [1.165, 1.54) is 20.5 Å². The zero-order valence-corrected chi connectivity index (χ0v) is 9.25. The second kappa shape index (κ2) is 5.41.